The van der Waals surface area contributed by atoms with Crippen molar-refractivity contribution in [2.75, 3.05) is 5.32 Å². The standard InChI is InChI=1S/C21H20N2O3/c1-2-3-4-15-7-11-19(12-8-15)23-20(24)18(14-22)13-16-5-9-17(10-6-16)21(25)26/h5-13H,2-4H2,1H3,(H,23,24)(H,25,26)/b18-13+. The molecular formula is C21H20N2O3. The Morgan fingerprint density at radius 2 is 1.77 bits per heavy atom. The van der Waals surface area contributed by atoms with Crippen LogP contribution in [0.25, 0.3) is 6.08 Å². The van der Waals surface area contributed by atoms with Gasteiger partial charge in [-0.25, -0.2) is 4.79 Å². The number of rotatable bonds is 7. The Kier molecular flexibility index (Phi) is 6.69. The van der Waals surface area contributed by atoms with Gasteiger partial charge in [0, 0.05) is 5.69 Å². The highest BCUT2D eigenvalue weighted by Gasteiger charge is 2.10. The average molecular weight is 348 g/mol. The maximum atomic E-state index is 12.3. The Balaban J connectivity index is 2.08. The molecule has 0 spiro atoms. The lowest BCUT2D eigenvalue weighted by atomic mass is 10.1. The van der Waals surface area contributed by atoms with Crippen molar-refractivity contribution in [3.05, 3.63) is 70.8 Å². The number of carbonyl (C=O) groups excluding carboxylic acids is 1. The highest BCUT2D eigenvalue weighted by atomic mass is 16.4. The number of anilines is 1. The smallest absolute Gasteiger partial charge is 0.335 e. The maximum absolute atomic E-state index is 12.3. The zero-order valence-corrected chi connectivity index (χ0v) is 14.5. The molecule has 0 heterocycles. The molecule has 0 saturated carbocycles. The topological polar surface area (TPSA) is 90.2 Å². The zero-order valence-electron chi connectivity index (χ0n) is 14.5. The molecule has 0 atom stereocenters. The fourth-order valence-electron chi connectivity index (χ4n) is 2.37. The van der Waals surface area contributed by atoms with Crippen LogP contribution in [0.3, 0.4) is 0 Å². The third kappa shape index (κ3) is 5.32. The molecule has 0 fully saturated rings. The van der Waals surface area contributed by atoms with E-state index in [0.717, 1.165) is 19.3 Å². The number of nitrogens with zero attached hydrogens (tertiary/aromatic N) is 1. The summed E-state index contributed by atoms with van der Waals surface area (Å²) in [6, 6.07) is 15.4. The molecule has 2 rings (SSSR count). The maximum Gasteiger partial charge on any atom is 0.335 e. The van der Waals surface area contributed by atoms with Crippen LogP contribution in [0, 0.1) is 11.3 Å². The number of hydrogen-bond acceptors (Lipinski definition) is 3. The van der Waals surface area contributed by atoms with Gasteiger partial charge in [0.2, 0.25) is 0 Å². The van der Waals surface area contributed by atoms with Gasteiger partial charge in [-0.1, -0.05) is 37.6 Å². The molecule has 0 aliphatic rings. The fraction of sp³-hybridized carbons (Fsp3) is 0.190. The fourth-order valence-corrected chi connectivity index (χ4v) is 2.37. The van der Waals surface area contributed by atoms with E-state index >= 15 is 0 Å². The highest BCUT2D eigenvalue weighted by molar-refractivity contribution is 6.09. The molecule has 26 heavy (non-hydrogen) atoms. The number of nitrogens with one attached hydrogen (secondary N) is 1. The number of aryl methyl sites for hydroxylation is 1. The monoisotopic (exact) mass is 348 g/mol. The minimum Gasteiger partial charge on any atom is -0.478 e. The van der Waals surface area contributed by atoms with Crippen LogP contribution in [0.2, 0.25) is 0 Å². The molecule has 2 aromatic rings. The first-order chi connectivity index (χ1) is 12.5. The van der Waals surface area contributed by atoms with Crippen LogP contribution in [0.5, 0.6) is 0 Å². The van der Waals surface area contributed by atoms with Crippen molar-refractivity contribution in [1.29, 1.82) is 5.26 Å². The van der Waals surface area contributed by atoms with Crippen molar-refractivity contribution in [1.82, 2.24) is 0 Å². The Morgan fingerprint density at radius 3 is 2.31 bits per heavy atom. The van der Waals surface area contributed by atoms with Crippen LogP contribution in [0.15, 0.2) is 54.1 Å². The Bertz CT molecular complexity index is 844. The minimum absolute atomic E-state index is 0.0527. The van der Waals surface area contributed by atoms with Crippen molar-refractivity contribution in [3.8, 4) is 6.07 Å². The van der Waals surface area contributed by atoms with E-state index in [1.165, 1.54) is 23.8 Å². The van der Waals surface area contributed by atoms with Crippen LogP contribution >= 0.6 is 0 Å². The molecule has 0 aliphatic heterocycles. The van der Waals surface area contributed by atoms with Crippen molar-refractivity contribution >= 4 is 23.6 Å². The van der Waals surface area contributed by atoms with Gasteiger partial charge in [-0.05, 0) is 54.3 Å². The normalized spacial score (nSPS) is 10.8. The van der Waals surface area contributed by atoms with E-state index in [1.54, 1.807) is 12.1 Å². The van der Waals surface area contributed by atoms with Gasteiger partial charge < -0.3 is 10.4 Å². The summed E-state index contributed by atoms with van der Waals surface area (Å²) in [5, 5.41) is 20.8. The molecule has 0 bridgehead atoms. The lowest BCUT2D eigenvalue weighted by Gasteiger charge is -2.06. The molecule has 2 aromatic carbocycles. The summed E-state index contributed by atoms with van der Waals surface area (Å²) >= 11 is 0. The summed E-state index contributed by atoms with van der Waals surface area (Å²) in [5.41, 5.74) is 2.50. The van der Waals surface area contributed by atoms with Gasteiger partial charge in [-0.3, -0.25) is 4.79 Å². The van der Waals surface area contributed by atoms with Crippen LogP contribution in [0.4, 0.5) is 5.69 Å². The molecule has 132 valence electrons. The van der Waals surface area contributed by atoms with E-state index in [9.17, 15) is 14.9 Å². The van der Waals surface area contributed by atoms with Crippen LogP contribution < -0.4 is 5.32 Å². The number of unbranched alkanes of at least 4 members (excludes halogenated alkanes) is 1. The first kappa shape index (κ1) is 18.9. The molecule has 2 N–H and O–H groups in total. The van der Waals surface area contributed by atoms with Crippen LogP contribution in [-0.2, 0) is 11.2 Å². The third-order valence-electron chi connectivity index (χ3n) is 3.86. The number of carboxylic acids is 1. The number of aromatic carboxylic acids is 1. The van der Waals surface area contributed by atoms with E-state index in [0.29, 0.717) is 11.3 Å². The lowest BCUT2D eigenvalue weighted by Crippen LogP contribution is -2.13. The van der Waals surface area contributed by atoms with Gasteiger partial charge in [-0.2, -0.15) is 5.26 Å². The predicted molar refractivity (Wildman–Crippen MR) is 101 cm³/mol. The lowest BCUT2D eigenvalue weighted by molar-refractivity contribution is -0.112. The van der Waals surface area contributed by atoms with E-state index in [-0.39, 0.29) is 11.1 Å². The molecule has 0 aromatic heterocycles. The molecule has 0 unspecified atom stereocenters. The molecule has 0 saturated heterocycles. The Hall–Kier alpha value is -3.39. The summed E-state index contributed by atoms with van der Waals surface area (Å²) in [4.78, 5) is 23.1. The molecule has 0 radical (unpaired) electrons. The second-order valence-electron chi connectivity index (χ2n) is 5.85. The molecule has 1 amide bonds. The molecule has 5 nitrogen and oxygen atoms in total. The van der Waals surface area contributed by atoms with E-state index in [2.05, 4.69) is 12.2 Å². The number of nitriles is 1. The third-order valence-corrected chi connectivity index (χ3v) is 3.86. The average Bonchev–Trinajstić information content (AvgIpc) is 2.65. The number of hydrogen-bond donors (Lipinski definition) is 2. The van der Waals surface area contributed by atoms with Crippen molar-refractivity contribution in [2.45, 2.75) is 26.2 Å². The van der Waals surface area contributed by atoms with Gasteiger partial charge in [0.15, 0.2) is 0 Å². The predicted octanol–water partition coefficient (Wildman–Crippen LogP) is 4.27. The largest absolute Gasteiger partial charge is 0.478 e. The number of benzene rings is 2. The summed E-state index contributed by atoms with van der Waals surface area (Å²) in [6.07, 6.45) is 4.67. The molecule has 5 heteroatoms. The van der Waals surface area contributed by atoms with Crippen molar-refractivity contribution in [2.24, 2.45) is 0 Å². The van der Waals surface area contributed by atoms with Gasteiger partial charge >= 0.3 is 5.97 Å². The molecule has 0 aliphatic carbocycles. The number of amides is 1. The quantitative estimate of drug-likeness (QED) is 0.577. The summed E-state index contributed by atoms with van der Waals surface area (Å²) in [5.74, 6) is -1.53. The minimum atomic E-state index is -1.03. The molecular weight excluding hydrogens is 328 g/mol. The van der Waals surface area contributed by atoms with Crippen LogP contribution in [-0.4, -0.2) is 17.0 Å². The van der Waals surface area contributed by atoms with Gasteiger partial charge in [0.25, 0.3) is 5.91 Å². The summed E-state index contributed by atoms with van der Waals surface area (Å²) in [6.45, 7) is 2.14. The number of carboxylic acid groups (broad SMARTS) is 1. The Morgan fingerprint density at radius 1 is 1.12 bits per heavy atom. The zero-order chi connectivity index (χ0) is 18.9. The summed E-state index contributed by atoms with van der Waals surface area (Å²) < 4.78 is 0. The van der Waals surface area contributed by atoms with Gasteiger partial charge in [-0.15, -0.1) is 0 Å². The highest BCUT2D eigenvalue weighted by Crippen LogP contribution is 2.14. The van der Waals surface area contributed by atoms with Crippen LogP contribution in [0.1, 0.15) is 41.3 Å². The van der Waals surface area contributed by atoms with Crippen molar-refractivity contribution in [3.63, 3.8) is 0 Å². The SMILES string of the molecule is CCCCc1ccc(NC(=O)/C(C#N)=C/c2ccc(C(=O)O)cc2)cc1. The first-order valence-corrected chi connectivity index (χ1v) is 8.39. The van der Waals surface area contributed by atoms with Gasteiger partial charge in [0.1, 0.15) is 11.6 Å². The Labute approximate surface area is 152 Å². The first-order valence-electron chi connectivity index (χ1n) is 8.39. The van der Waals surface area contributed by atoms with E-state index < -0.39 is 11.9 Å². The van der Waals surface area contributed by atoms with E-state index in [4.69, 9.17) is 5.11 Å². The van der Waals surface area contributed by atoms with Crippen molar-refractivity contribution < 1.29 is 14.7 Å². The summed E-state index contributed by atoms with van der Waals surface area (Å²) in [7, 11) is 0. The van der Waals surface area contributed by atoms with E-state index in [1.807, 2.05) is 30.3 Å². The second-order valence-corrected chi connectivity index (χ2v) is 5.85. The van der Waals surface area contributed by atoms with Gasteiger partial charge in [0.05, 0.1) is 5.56 Å². The second kappa shape index (κ2) is 9.19. The number of carbonyl (C=O) groups is 2.